The second-order valence-electron chi connectivity index (χ2n) is 7.26. The van der Waals surface area contributed by atoms with Crippen LogP contribution in [0.25, 0.3) is 16.9 Å². The summed E-state index contributed by atoms with van der Waals surface area (Å²) < 4.78 is 1.74. The van der Waals surface area contributed by atoms with Crippen molar-refractivity contribution < 1.29 is 5.11 Å². The van der Waals surface area contributed by atoms with E-state index in [0.29, 0.717) is 17.8 Å². The number of hydrogen-bond donors (Lipinski definition) is 2. The first-order valence-corrected chi connectivity index (χ1v) is 10.1. The Bertz CT molecular complexity index is 1290. The summed E-state index contributed by atoms with van der Waals surface area (Å²) in [5.41, 5.74) is 4.94. The largest absolute Gasteiger partial charge is 0.383 e. The van der Waals surface area contributed by atoms with Gasteiger partial charge in [0.25, 0.3) is 0 Å². The van der Waals surface area contributed by atoms with E-state index in [0.717, 1.165) is 28.2 Å². The van der Waals surface area contributed by atoms with E-state index >= 15 is 0 Å². The number of aliphatic hydroxyl groups excluding tert-OH is 1. The molecule has 6 heteroatoms. The lowest BCUT2D eigenvalue weighted by atomic mass is 10.0. The van der Waals surface area contributed by atoms with Gasteiger partial charge in [0, 0.05) is 36.1 Å². The quantitative estimate of drug-likeness (QED) is 0.434. The molecule has 0 fully saturated rings. The number of fused-ring (bicyclic) bond motifs is 1. The summed E-state index contributed by atoms with van der Waals surface area (Å²) in [6.07, 6.45) is 4.46. The highest BCUT2D eigenvalue weighted by molar-refractivity contribution is 5.68. The topological polar surface area (TPSA) is 75.3 Å². The third kappa shape index (κ3) is 3.89. The van der Waals surface area contributed by atoms with Gasteiger partial charge >= 0.3 is 0 Å². The van der Waals surface area contributed by atoms with E-state index in [1.54, 1.807) is 16.9 Å². The molecular formula is C25H21N5O. The number of nitrogens with zero attached hydrogens (tertiary/aromatic N) is 4. The van der Waals surface area contributed by atoms with Crippen molar-refractivity contribution in [2.75, 3.05) is 5.32 Å². The van der Waals surface area contributed by atoms with Gasteiger partial charge in [0.2, 0.25) is 0 Å². The maximum atomic E-state index is 11.0. The molecule has 1 unspecified atom stereocenters. The predicted octanol–water partition coefficient (Wildman–Crippen LogP) is 4.49. The lowest BCUT2D eigenvalue weighted by Crippen LogP contribution is -2.08. The van der Waals surface area contributed by atoms with Crippen LogP contribution in [-0.4, -0.2) is 24.7 Å². The van der Waals surface area contributed by atoms with Crippen molar-refractivity contribution in [2.24, 2.45) is 0 Å². The van der Waals surface area contributed by atoms with Crippen molar-refractivity contribution in [3.8, 4) is 11.3 Å². The fourth-order valence-electron chi connectivity index (χ4n) is 3.57. The molecule has 2 aromatic carbocycles. The lowest BCUT2D eigenvalue weighted by Gasteiger charge is -2.13. The van der Waals surface area contributed by atoms with Crippen LogP contribution in [-0.2, 0) is 6.54 Å². The van der Waals surface area contributed by atoms with E-state index in [2.05, 4.69) is 15.4 Å². The minimum absolute atomic E-state index is 0.595. The van der Waals surface area contributed by atoms with E-state index in [1.807, 2.05) is 85.1 Å². The summed E-state index contributed by atoms with van der Waals surface area (Å²) in [7, 11) is 0. The van der Waals surface area contributed by atoms with Gasteiger partial charge < -0.3 is 10.4 Å². The van der Waals surface area contributed by atoms with Gasteiger partial charge in [-0.3, -0.25) is 4.98 Å². The zero-order valence-electron chi connectivity index (χ0n) is 16.8. The minimum atomic E-state index is -0.816. The second kappa shape index (κ2) is 8.38. The Hall–Kier alpha value is -4.03. The van der Waals surface area contributed by atoms with Crippen molar-refractivity contribution >= 4 is 11.5 Å². The number of nitrogens with one attached hydrogen (secondary N) is 1. The third-order valence-electron chi connectivity index (χ3n) is 5.17. The summed E-state index contributed by atoms with van der Waals surface area (Å²) in [6, 6.07) is 25.5. The van der Waals surface area contributed by atoms with Gasteiger partial charge in [-0.15, -0.1) is 0 Å². The Morgan fingerprint density at radius 1 is 0.903 bits per heavy atom. The number of aliphatic hydroxyl groups is 1. The molecule has 0 aliphatic rings. The van der Waals surface area contributed by atoms with Gasteiger partial charge in [-0.2, -0.15) is 9.61 Å². The summed E-state index contributed by atoms with van der Waals surface area (Å²) in [6.45, 7) is 0.595. The molecule has 2 N–H and O–H groups in total. The van der Waals surface area contributed by atoms with Crippen LogP contribution in [0.4, 0.5) is 5.82 Å². The number of benzene rings is 2. The van der Waals surface area contributed by atoms with Crippen LogP contribution in [0.2, 0.25) is 0 Å². The Morgan fingerprint density at radius 2 is 1.68 bits per heavy atom. The fourth-order valence-corrected chi connectivity index (χ4v) is 3.57. The molecule has 0 bridgehead atoms. The number of hydrogen-bond acceptors (Lipinski definition) is 5. The molecule has 0 aliphatic carbocycles. The Balaban J connectivity index is 1.60. The maximum Gasteiger partial charge on any atom is 0.164 e. The average Bonchev–Trinajstić information content (AvgIpc) is 3.28. The summed E-state index contributed by atoms with van der Waals surface area (Å²) in [5.74, 6) is 0.791. The zero-order valence-corrected chi connectivity index (χ0v) is 16.8. The van der Waals surface area contributed by atoms with Crippen LogP contribution in [0.3, 0.4) is 0 Å². The highest BCUT2D eigenvalue weighted by atomic mass is 16.3. The molecule has 0 radical (unpaired) electrons. The van der Waals surface area contributed by atoms with Crippen LogP contribution < -0.4 is 5.32 Å². The third-order valence-corrected chi connectivity index (χ3v) is 5.17. The Kier molecular flexibility index (Phi) is 5.12. The molecular weight excluding hydrogens is 386 g/mol. The minimum Gasteiger partial charge on any atom is -0.383 e. The van der Waals surface area contributed by atoms with Gasteiger partial charge in [-0.1, -0.05) is 66.7 Å². The molecule has 0 saturated carbocycles. The van der Waals surface area contributed by atoms with E-state index in [1.165, 1.54) is 0 Å². The van der Waals surface area contributed by atoms with E-state index in [-0.39, 0.29) is 0 Å². The SMILES string of the molecule is OC(c1ccccc1)c1cnn2c(NCc3cccnc3)cc(-c3ccccc3)nc12. The predicted molar refractivity (Wildman–Crippen MR) is 120 cm³/mol. The number of pyridine rings is 1. The van der Waals surface area contributed by atoms with Crippen molar-refractivity contribution in [3.63, 3.8) is 0 Å². The van der Waals surface area contributed by atoms with Crippen molar-refractivity contribution in [3.05, 3.63) is 114 Å². The van der Waals surface area contributed by atoms with Crippen LogP contribution in [0.5, 0.6) is 0 Å². The number of aromatic nitrogens is 4. The molecule has 1 atom stereocenters. The molecule has 0 spiro atoms. The molecule has 6 nitrogen and oxygen atoms in total. The summed E-state index contributed by atoms with van der Waals surface area (Å²) >= 11 is 0. The lowest BCUT2D eigenvalue weighted by molar-refractivity contribution is 0.221. The standard InChI is InChI=1S/C25H21N5O/c31-24(20-11-5-2-6-12-20)21-17-28-30-23(27-16-18-8-7-13-26-15-18)14-22(29-25(21)30)19-9-3-1-4-10-19/h1-15,17,24,27,31H,16H2. The van der Waals surface area contributed by atoms with Crippen LogP contribution in [0.15, 0.2) is 97.5 Å². The van der Waals surface area contributed by atoms with Crippen molar-refractivity contribution in [2.45, 2.75) is 12.6 Å². The smallest absolute Gasteiger partial charge is 0.164 e. The highest BCUT2D eigenvalue weighted by Gasteiger charge is 2.19. The zero-order chi connectivity index (χ0) is 21.0. The summed E-state index contributed by atoms with van der Waals surface area (Å²) in [5, 5.41) is 19.0. The maximum absolute atomic E-state index is 11.0. The first kappa shape index (κ1) is 19.0. The number of rotatable bonds is 6. The van der Waals surface area contributed by atoms with Gasteiger partial charge in [0.1, 0.15) is 11.9 Å². The van der Waals surface area contributed by atoms with Gasteiger partial charge in [-0.05, 0) is 17.2 Å². The Labute approximate surface area is 179 Å². The van der Waals surface area contributed by atoms with Crippen molar-refractivity contribution in [1.29, 1.82) is 0 Å². The first-order chi connectivity index (χ1) is 15.3. The average molecular weight is 407 g/mol. The van der Waals surface area contributed by atoms with Gasteiger partial charge in [-0.25, -0.2) is 4.98 Å². The van der Waals surface area contributed by atoms with E-state index < -0.39 is 6.10 Å². The normalized spacial score (nSPS) is 12.0. The van der Waals surface area contributed by atoms with Crippen molar-refractivity contribution in [1.82, 2.24) is 19.6 Å². The first-order valence-electron chi connectivity index (χ1n) is 10.1. The Morgan fingerprint density at radius 3 is 2.42 bits per heavy atom. The molecule has 0 saturated heterocycles. The van der Waals surface area contributed by atoms with Crippen LogP contribution in [0.1, 0.15) is 22.8 Å². The highest BCUT2D eigenvalue weighted by Crippen LogP contribution is 2.29. The van der Waals surface area contributed by atoms with E-state index in [4.69, 9.17) is 4.98 Å². The molecule has 0 aliphatic heterocycles. The van der Waals surface area contributed by atoms with Gasteiger partial charge in [0.15, 0.2) is 5.65 Å². The number of anilines is 1. The molecule has 152 valence electrons. The molecule has 5 aromatic rings. The molecule has 3 heterocycles. The molecule has 5 rings (SSSR count). The molecule has 0 amide bonds. The fraction of sp³-hybridized carbons (Fsp3) is 0.0800. The molecule has 3 aromatic heterocycles. The monoisotopic (exact) mass is 407 g/mol. The molecule has 31 heavy (non-hydrogen) atoms. The van der Waals surface area contributed by atoms with Crippen LogP contribution in [0, 0.1) is 0 Å². The van der Waals surface area contributed by atoms with Gasteiger partial charge in [0.05, 0.1) is 11.9 Å². The second-order valence-corrected chi connectivity index (χ2v) is 7.26. The summed E-state index contributed by atoms with van der Waals surface area (Å²) in [4.78, 5) is 9.03. The van der Waals surface area contributed by atoms with Crippen LogP contribution >= 0.6 is 0 Å². The van der Waals surface area contributed by atoms with E-state index in [9.17, 15) is 5.11 Å².